The lowest BCUT2D eigenvalue weighted by atomic mass is 10.1. The van der Waals surface area contributed by atoms with Gasteiger partial charge in [0.05, 0.1) is 13.2 Å². The van der Waals surface area contributed by atoms with Crippen molar-refractivity contribution in [3.8, 4) is 22.6 Å². The minimum absolute atomic E-state index is 0. The monoisotopic (exact) mass is 295 g/mol. The number of rotatable bonds is 4. The summed E-state index contributed by atoms with van der Waals surface area (Å²) in [7, 11) is 2.08. The van der Waals surface area contributed by atoms with Crippen molar-refractivity contribution >= 4 is 0 Å². The third-order valence-corrected chi connectivity index (χ3v) is 3.57. The zero-order chi connectivity index (χ0) is 14.0. The molecule has 0 saturated carbocycles. The minimum Gasteiger partial charge on any atom is -1.00 e. The average molecular weight is 296 g/mol. The summed E-state index contributed by atoms with van der Waals surface area (Å²) in [6, 6.07) is 6.02. The lowest BCUT2D eigenvalue weighted by Crippen LogP contribution is -3.00. The van der Waals surface area contributed by atoms with Crippen molar-refractivity contribution in [1.82, 2.24) is 0 Å². The molecular formula is C16H22ClNO2. The molecule has 2 aliphatic rings. The van der Waals surface area contributed by atoms with Gasteiger partial charge in [-0.15, -0.1) is 0 Å². The zero-order valence-electron chi connectivity index (χ0n) is 12.8. The Hall–Kier alpha value is -1.48. The topological polar surface area (TPSA) is 22.3 Å². The molecule has 1 aliphatic heterocycles. The van der Waals surface area contributed by atoms with Gasteiger partial charge in [0.25, 0.3) is 0 Å². The first kappa shape index (κ1) is 16.6. The number of nitrogens with zero attached hydrogens (tertiary/aromatic N) is 1. The Kier molecular flexibility index (Phi) is 5.63. The van der Waals surface area contributed by atoms with Gasteiger partial charge in [0.15, 0.2) is 11.4 Å². The van der Waals surface area contributed by atoms with E-state index < -0.39 is 0 Å². The van der Waals surface area contributed by atoms with Crippen LogP contribution in [0.1, 0.15) is 25.2 Å². The first-order chi connectivity index (χ1) is 9.11. The van der Waals surface area contributed by atoms with Crippen molar-refractivity contribution in [2.24, 2.45) is 7.05 Å². The highest BCUT2D eigenvalue weighted by molar-refractivity contribution is 5.79. The van der Waals surface area contributed by atoms with Crippen LogP contribution in [-0.2, 0) is 7.05 Å². The fourth-order valence-corrected chi connectivity index (χ4v) is 2.49. The maximum Gasteiger partial charge on any atom is 0.190 e. The van der Waals surface area contributed by atoms with E-state index in [1.807, 2.05) is 32.0 Å². The van der Waals surface area contributed by atoms with Gasteiger partial charge in [-0.05, 0) is 26.0 Å². The van der Waals surface area contributed by atoms with E-state index >= 15 is 0 Å². The molecule has 0 aromatic heterocycles. The molecule has 0 fully saturated rings. The van der Waals surface area contributed by atoms with Crippen LogP contribution in [0.5, 0.6) is 11.5 Å². The summed E-state index contributed by atoms with van der Waals surface area (Å²) in [5, 5.41) is 0. The van der Waals surface area contributed by atoms with Crippen LogP contribution < -0.4 is 26.4 Å². The largest absolute Gasteiger partial charge is 1.00 e. The average Bonchev–Trinajstić information content (AvgIpc) is 2.55. The SMILES string of the molecule is CCOc1cccc(OCC)c2c(C)[n+](C)c(C)c1-2.[Cl-]. The normalized spacial score (nSPS) is 10.2. The van der Waals surface area contributed by atoms with Crippen LogP contribution in [0.2, 0.25) is 0 Å². The Morgan fingerprint density at radius 3 is 1.65 bits per heavy atom. The molecule has 0 bridgehead atoms. The first-order valence-corrected chi connectivity index (χ1v) is 6.79. The first-order valence-electron chi connectivity index (χ1n) is 6.79. The number of halogens is 1. The summed E-state index contributed by atoms with van der Waals surface area (Å²) in [4.78, 5) is 0. The Labute approximate surface area is 127 Å². The van der Waals surface area contributed by atoms with E-state index in [9.17, 15) is 0 Å². The smallest absolute Gasteiger partial charge is 0.190 e. The summed E-state index contributed by atoms with van der Waals surface area (Å²) >= 11 is 0. The highest BCUT2D eigenvalue weighted by atomic mass is 35.5. The quantitative estimate of drug-likeness (QED) is 0.743. The van der Waals surface area contributed by atoms with Gasteiger partial charge in [-0.1, -0.05) is 6.07 Å². The highest BCUT2D eigenvalue weighted by Crippen LogP contribution is 2.41. The molecule has 0 aromatic carbocycles. The summed E-state index contributed by atoms with van der Waals surface area (Å²) in [5.74, 6) is 1.84. The van der Waals surface area contributed by atoms with Crippen LogP contribution in [-0.4, -0.2) is 13.2 Å². The van der Waals surface area contributed by atoms with Crippen molar-refractivity contribution in [2.75, 3.05) is 13.2 Å². The van der Waals surface area contributed by atoms with E-state index in [0.29, 0.717) is 13.2 Å². The number of fused-ring (bicyclic) bond motifs is 1. The lowest BCUT2D eigenvalue weighted by molar-refractivity contribution is -0.679. The van der Waals surface area contributed by atoms with E-state index in [4.69, 9.17) is 9.47 Å². The van der Waals surface area contributed by atoms with Crippen molar-refractivity contribution in [2.45, 2.75) is 27.7 Å². The van der Waals surface area contributed by atoms with Gasteiger partial charge in [0.1, 0.15) is 29.7 Å². The van der Waals surface area contributed by atoms with Crippen LogP contribution >= 0.6 is 0 Å². The lowest BCUT2D eigenvalue weighted by Gasteiger charge is -2.06. The molecule has 3 nitrogen and oxygen atoms in total. The molecule has 4 heteroatoms. The highest BCUT2D eigenvalue weighted by Gasteiger charge is 2.29. The predicted octanol–water partition coefficient (Wildman–Crippen LogP) is 0.0341. The van der Waals surface area contributed by atoms with Crippen LogP contribution in [0, 0.1) is 13.8 Å². The molecule has 2 rings (SSSR count). The zero-order valence-corrected chi connectivity index (χ0v) is 13.5. The molecule has 0 unspecified atom stereocenters. The third kappa shape index (κ3) is 2.68. The van der Waals surface area contributed by atoms with Gasteiger partial charge in [0, 0.05) is 13.8 Å². The molecule has 0 atom stereocenters. The van der Waals surface area contributed by atoms with Gasteiger partial charge in [-0.25, -0.2) is 4.57 Å². The van der Waals surface area contributed by atoms with Gasteiger partial charge >= 0.3 is 0 Å². The number of aromatic nitrogens is 1. The summed E-state index contributed by atoms with van der Waals surface area (Å²) < 4.78 is 13.8. The summed E-state index contributed by atoms with van der Waals surface area (Å²) in [6.07, 6.45) is 0. The van der Waals surface area contributed by atoms with Crippen LogP contribution in [0.15, 0.2) is 18.2 Å². The van der Waals surface area contributed by atoms with Crippen molar-refractivity contribution in [3.05, 3.63) is 29.6 Å². The van der Waals surface area contributed by atoms with Gasteiger partial charge in [-0.2, -0.15) is 0 Å². The van der Waals surface area contributed by atoms with E-state index in [0.717, 1.165) is 22.6 Å². The van der Waals surface area contributed by atoms with E-state index in [2.05, 4.69) is 25.5 Å². The Bertz CT molecular complexity index is 523. The second-order valence-electron chi connectivity index (χ2n) is 4.60. The molecule has 0 N–H and O–H groups in total. The molecule has 1 aliphatic carbocycles. The Morgan fingerprint density at radius 1 is 0.900 bits per heavy atom. The molecule has 0 amide bonds. The Balaban J connectivity index is 0.00000200. The third-order valence-electron chi connectivity index (χ3n) is 3.57. The van der Waals surface area contributed by atoms with Gasteiger partial charge in [-0.3, -0.25) is 0 Å². The molecule has 0 spiro atoms. The Morgan fingerprint density at radius 2 is 1.30 bits per heavy atom. The van der Waals surface area contributed by atoms with Gasteiger partial charge < -0.3 is 21.9 Å². The maximum absolute atomic E-state index is 5.79. The molecule has 110 valence electrons. The molecular weight excluding hydrogens is 274 g/mol. The molecule has 0 aromatic rings. The minimum atomic E-state index is 0. The fraction of sp³-hybridized carbons (Fsp3) is 0.438. The predicted molar refractivity (Wildman–Crippen MR) is 76.1 cm³/mol. The molecule has 0 radical (unpaired) electrons. The number of hydrogen-bond donors (Lipinski definition) is 0. The molecule has 1 heterocycles. The van der Waals surface area contributed by atoms with Crippen molar-refractivity contribution in [1.29, 1.82) is 0 Å². The fourth-order valence-electron chi connectivity index (χ4n) is 2.49. The standard InChI is InChI=1S/C16H22NO2.ClH/c1-6-18-13-9-8-10-14(19-7-2)16-12(4)17(5)11(3)15(13)16;/h8-10H,6-7H2,1-5H3;1H/q+1;/p-1. The second-order valence-corrected chi connectivity index (χ2v) is 4.60. The maximum atomic E-state index is 5.79. The molecule has 20 heavy (non-hydrogen) atoms. The second kappa shape index (κ2) is 6.80. The summed E-state index contributed by atoms with van der Waals surface area (Å²) in [5.41, 5.74) is 4.70. The number of ether oxygens (including phenoxy) is 2. The molecule has 0 saturated heterocycles. The van der Waals surface area contributed by atoms with Crippen LogP contribution in [0.3, 0.4) is 0 Å². The number of hydrogen-bond acceptors (Lipinski definition) is 2. The van der Waals surface area contributed by atoms with E-state index in [1.165, 1.54) is 11.4 Å². The van der Waals surface area contributed by atoms with Crippen molar-refractivity contribution < 1.29 is 26.4 Å². The van der Waals surface area contributed by atoms with Crippen molar-refractivity contribution in [3.63, 3.8) is 0 Å². The van der Waals surface area contributed by atoms with Crippen LogP contribution in [0.4, 0.5) is 0 Å². The van der Waals surface area contributed by atoms with Crippen LogP contribution in [0.25, 0.3) is 11.1 Å². The van der Waals surface area contributed by atoms with Gasteiger partial charge in [0.2, 0.25) is 0 Å². The van der Waals surface area contributed by atoms with E-state index in [-0.39, 0.29) is 12.4 Å². The van der Waals surface area contributed by atoms with E-state index in [1.54, 1.807) is 0 Å². The summed E-state index contributed by atoms with van der Waals surface area (Å²) in [6.45, 7) is 9.58.